The van der Waals surface area contributed by atoms with Gasteiger partial charge in [-0.15, -0.1) is 0 Å². The van der Waals surface area contributed by atoms with Crippen LogP contribution in [0.4, 0.5) is 8.78 Å². The van der Waals surface area contributed by atoms with Crippen LogP contribution in [0.2, 0.25) is 0 Å². The quantitative estimate of drug-likeness (QED) is 0.926. The van der Waals surface area contributed by atoms with Crippen LogP contribution in [0.1, 0.15) is 11.7 Å². The molecule has 100 valence electrons. The van der Waals surface area contributed by atoms with E-state index in [1.54, 1.807) is 24.3 Å². The summed E-state index contributed by atoms with van der Waals surface area (Å²) in [6.45, 7) is 0.168. The fourth-order valence-corrected chi connectivity index (χ4v) is 1.92. The molecule has 0 saturated heterocycles. The van der Waals surface area contributed by atoms with Gasteiger partial charge in [-0.25, -0.2) is 8.78 Å². The molecule has 2 aromatic carbocycles. The van der Waals surface area contributed by atoms with E-state index in [4.69, 9.17) is 10.5 Å². The fourth-order valence-electron chi connectivity index (χ4n) is 1.67. The Balaban J connectivity index is 2.21. The van der Waals surface area contributed by atoms with Gasteiger partial charge in [0.25, 0.3) is 0 Å². The van der Waals surface area contributed by atoms with Gasteiger partial charge in [-0.2, -0.15) is 0 Å². The molecule has 2 aromatic rings. The smallest absolute Gasteiger partial charge is 0.141 e. The predicted octanol–water partition coefficient (Wildman–Crippen LogP) is 3.81. The number of hydrogen-bond acceptors (Lipinski definition) is 2. The minimum atomic E-state index is -0.517. The third-order valence-corrected chi connectivity index (χ3v) is 3.25. The summed E-state index contributed by atoms with van der Waals surface area (Å²) in [5, 5.41) is 0. The maximum absolute atomic E-state index is 13.4. The summed E-state index contributed by atoms with van der Waals surface area (Å²) >= 11 is 3.06. The Bertz CT molecular complexity index is 577. The highest BCUT2D eigenvalue weighted by molar-refractivity contribution is 9.10. The van der Waals surface area contributed by atoms with Crippen molar-refractivity contribution in [3.05, 3.63) is 64.1 Å². The van der Waals surface area contributed by atoms with Crippen LogP contribution < -0.4 is 10.5 Å². The molecule has 0 spiro atoms. The molecule has 0 saturated carbocycles. The first kappa shape index (κ1) is 14.0. The summed E-state index contributed by atoms with van der Waals surface area (Å²) < 4.78 is 32.5. The lowest BCUT2D eigenvalue weighted by Gasteiger charge is -2.18. The third-order valence-electron chi connectivity index (χ3n) is 2.60. The predicted molar refractivity (Wildman–Crippen MR) is 72.9 cm³/mol. The van der Waals surface area contributed by atoms with E-state index in [1.165, 1.54) is 18.2 Å². The van der Waals surface area contributed by atoms with Gasteiger partial charge in [-0.05, 0) is 45.8 Å². The van der Waals surface area contributed by atoms with Crippen LogP contribution in [0.5, 0.6) is 5.75 Å². The van der Waals surface area contributed by atoms with E-state index in [-0.39, 0.29) is 12.4 Å². The average molecular weight is 328 g/mol. The van der Waals surface area contributed by atoms with Crippen molar-refractivity contribution >= 4 is 15.9 Å². The van der Waals surface area contributed by atoms with Crippen LogP contribution in [-0.4, -0.2) is 6.54 Å². The minimum Gasteiger partial charge on any atom is -0.484 e. The first-order valence-corrected chi connectivity index (χ1v) is 6.46. The zero-order chi connectivity index (χ0) is 13.8. The SMILES string of the molecule is NCC(Oc1ccc(Br)c(F)c1)c1cccc(F)c1. The average Bonchev–Trinajstić information content (AvgIpc) is 2.40. The van der Waals surface area contributed by atoms with Crippen LogP contribution in [0.25, 0.3) is 0 Å². The van der Waals surface area contributed by atoms with Crippen molar-refractivity contribution in [1.82, 2.24) is 0 Å². The number of rotatable bonds is 4. The van der Waals surface area contributed by atoms with Gasteiger partial charge < -0.3 is 10.5 Å². The molecule has 0 heterocycles. The van der Waals surface area contributed by atoms with Gasteiger partial charge >= 0.3 is 0 Å². The van der Waals surface area contributed by atoms with Gasteiger partial charge in [0.15, 0.2) is 0 Å². The molecule has 0 aliphatic rings. The minimum absolute atomic E-state index is 0.168. The molecule has 5 heteroatoms. The molecule has 0 bridgehead atoms. The lowest BCUT2D eigenvalue weighted by molar-refractivity contribution is 0.213. The Morgan fingerprint density at radius 2 is 1.95 bits per heavy atom. The first-order chi connectivity index (χ1) is 9.10. The second kappa shape index (κ2) is 6.12. The molecule has 0 aliphatic carbocycles. The van der Waals surface area contributed by atoms with Crippen LogP contribution >= 0.6 is 15.9 Å². The standard InChI is InChI=1S/C14H12BrF2NO/c15-12-5-4-11(7-13(12)17)19-14(8-18)9-2-1-3-10(16)6-9/h1-7,14H,8,18H2. The normalized spacial score (nSPS) is 12.2. The van der Waals surface area contributed by atoms with E-state index < -0.39 is 11.9 Å². The van der Waals surface area contributed by atoms with Gasteiger partial charge in [0.2, 0.25) is 0 Å². The van der Waals surface area contributed by atoms with Crippen molar-refractivity contribution in [3.8, 4) is 5.75 Å². The van der Waals surface area contributed by atoms with E-state index in [9.17, 15) is 8.78 Å². The molecule has 1 unspecified atom stereocenters. The topological polar surface area (TPSA) is 35.2 Å². The number of benzene rings is 2. The summed E-state index contributed by atoms with van der Waals surface area (Å²) in [5.74, 6) is -0.436. The number of nitrogens with two attached hydrogens (primary N) is 1. The Kier molecular flexibility index (Phi) is 4.50. The van der Waals surface area contributed by atoms with E-state index in [1.807, 2.05) is 0 Å². The maximum atomic E-state index is 13.4. The van der Waals surface area contributed by atoms with Gasteiger partial charge in [0.1, 0.15) is 23.5 Å². The molecule has 19 heavy (non-hydrogen) atoms. The van der Waals surface area contributed by atoms with Crippen molar-refractivity contribution in [1.29, 1.82) is 0 Å². The number of hydrogen-bond donors (Lipinski definition) is 1. The van der Waals surface area contributed by atoms with E-state index in [2.05, 4.69) is 15.9 Å². The van der Waals surface area contributed by atoms with Gasteiger partial charge in [-0.3, -0.25) is 0 Å². The zero-order valence-electron chi connectivity index (χ0n) is 9.95. The summed E-state index contributed by atoms with van der Waals surface area (Å²) in [7, 11) is 0. The second-order valence-electron chi connectivity index (χ2n) is 3.97. The second-order valence-corrected chi connectivity index (χ2v) is 4.83. The molecule has 0 aromatic heterocycles. The zero-order valence-corrected chi connectivity index (χ0v) is 11.5. The third kappa shape index (κ3) is 3.52. The largest absolute Gasteiger partial charge is 0.484 e. The lowest BCUT2D eigenvalue weighted by Crippen LogP contribution is -2.18. The van der Waals surface area contributed by atoms with Gasteiger partial charge in [-0.1, -0.05) is 12.1 Å². The molecule has 0 fully saturated rings. The van der Waals surface area contributed by atoms with Crippen molar-refractivity contribution in [3.63, 3.8) is 0 Å². The van der Waals surface area contributed by atoms with Crippen molar-refractivity contribution in [2.75, 3.05) is 6.54 Å². The fraction of sp³-hybridized carbons (Fsp3) is 0.143. The summed E-state index contributed by atoms with van der Waals surface area (Å²) in [6.07, 6.45) is -0.517. The van der Waals surface area contributed by atoms with Crippen LogP contribution in [0.3, 0.4) is 0 Å². The Morgan fingerprint density at radius 1 is 1.16 bits per heavy atom. The first-order valence-electron chi connectivity index (χ1n) is 5.67. The van der Waals surface area contributed by atoms with E-state index >= 15 is 0 Å². The molecule has 0 amide bonds. The molecular formula is C14H12BrF2NO. The lowest BCUT2D eigenvalue weighted by atomic mass is 10.1. The molecule has 2 nitrogen and oxygen atoms in total. The van der Waals surface area contributed by atoms with Crippen LogP contribution in [-0.2, 0) is 0 Å². The summed E-state index contributed by atoms with van der Waals surface area (Å²) in [5.41, 5.74) is 6.24. The van der Waals surface area contributed by atoms with E-state index in [0.717, 1.165) is 0 Å². The monoisotopic (exact) mass is 327 g/mol. The number of halogens is 3. The molecule has 1 atom stereocenters. The summed E-state index contributed by atoms with van der Waals surface area (Å²) in [4.78, 5) is 0. The van der Waals surface area contributed by atoms with Crippen molar-refractivity contribution in [2.24, 2.45) is 5.73 Å². The van der Waals surface area contributed by atoms with Gasteiger partial charge in [0.05, 0.1) is 4.47 Å². The van der Waals surface area contributed by atoms with Gasteiger partial charge in [0, 0.05) is 12.6 Å². The van der Waals surface area contributed by atoms with Crippen LogP contribution in [0, 0.1) is 11.6 Å². The Hall–Kier alpha value is -1.46. The maximum Gasteiger partial charge on any atom is 0.141 e. The van der Waals surface area contributed by atoms with E-state index in [0.29, 0.717) is 15.8 Å². The highest BCUT2D eigenvalue weighted by Gasteiger charge is 2.13. The van der Waals surface area contributed by atoms with Crippen molar-refractivity contribution in [2.45, 2.75) is 6.10 Å². The van der Waals surface area contributed by atoms with Crippen LogP contribution in [0.15, 0.2) is 46.9 Å². The molecule has 2 rings (SSSR count). The molecule has 0 radical (unpaired) electrons. The summed E-state index contributed by atoms with van der Waals surface area (Å²) in [6, 6.07) is 10.4. The molecule has 0 aliphatic heterocycles. The Morgan fingerprint density at radius 3 is 2.58 bits per heavy atom. The highest BCUT2D eigenvalue weighted by atomic mass is 79.9. The van der Waals surface area contributed by atoms with Crippen molar-refractivity contribution < 1.29 is 13.5 Å². The Labute approximate surface area is 118 Å². The molecular weight excluding hydrogens is 316 g/mol. The number of ether oxygens (including phenoxy) is 1. The molecule has 2 N–H and O–H groups in total. The highest BCUT2D eigenvalue weighted by Crippen LogP contribution is 2.25.